The van der Waals surface area contributed by atoms with Crippen molar-refractivity contribution in [1.29, 1.82) is 0 Å². The summed E-state index contributed by atoms with van der Waals surface area (Å²) in [6, 6.07) is 12.4. The smallest absolute Gasteiger partial charge is 0.372 e. The van der Waals surface area contributed by atoms with Crippen molar-refractivity contribution in [2.45, 2.75) is 38.7 Å². The number of likely N-dealkylation sites (tertiary alicyclic amines) is 1. The number of carbonyl (C=O) groups excluding carboxylic acids is 1. The van der Waals surface area contributed by atoms with Crippen molar-refractivity contribution in [1.82, 2.24) is 4.90 Å². The number of alkyl halides is 3. The molecule has 0 radical (unpaired) electrons. The topological polar surface area (TPSA) is 41.6 Å². The van der Waals surface area contributed by atoms with E-state index in [2.05, 4.69) is 5.32 Å². The molecule has 0 saturated carbocycles. The van der Waals surface area contributed by atoms with Gasteiger partial charge in [-0.05, 0) is 49.6 Å². The zero-order valence-electron chi connectivity index (χ0n) is 15.6. The van der Waals surface area contributed by atoms with Crippen LogP contribution in [-0.4, -0.2) is 30.1 Å². The number of halogens is 3. The maximum atomic E-state index is 12.6. The highest BCUT2D eigenvalue weighted by molar-refractivity contribution is 5.89. The number of carbonyl (C=O) groups is 1. The number of urea groups is 1. The molecule has 1 atom stereocenters. The molecule has 150 valence electrons. The van der Waals surface area contributed by atoms with Crippen LogP contribution in [0.2, 0.25) is 0 Å². The molecular formula is C21H23F3N2O2. The lowest BCUT2D eigenvalue weighted by molar-refractivity contribution is -0.137. The molecule has 2 aromatic carbocycles. The summed E-state index contributed by atoms with van der Waals surface area (Å²) < 4.78 is 43.7. The fourth-order valence-electron chi connectivity index (χ4n) is 3.10. The third-order valence-corrected chi connectivity index (χ3v) is 4.74. The molecule has 0 bridgehead atoms. The summed E-state index contributed by atoms with van der Waals surface area (Å²) in [5.74, 6) is 0. The Morgan fingerprint density at radius 1 is 1.14 bits per heavy atom. The van der Waals surface area contributed by atoms with Gasteiger partial charge in [-0.3, -0.25) is 0 Å². The number of piperidine rings is 1. The van der Waals surface area contributed by atoms with Crippen LogP contribution in [-0.2, 0) is 17.5 Å². The minimum absolute atomic E-state index is 0.139. The summed E-state index contributed by atoms with van der Waals surface area (Å²) in [4.78, 5) is 14.2. The fraction of sp³-hybridized carbons (Fsp3) is 0.381. The van der Waals surface area contributed by atoms with Crippen LogP contribution >= 0.6 is 0 Å². The molecule has 28 heavy (non-hydrogen) atoms. The number of anilines is 1. The second-order valence-electron chi connectivity index (χ2n) is 7.01. The molecule has 1 heterocycles. The Kier molecular flexibility index (Phi) is 6.24. The van der Waals surface area contributed by atoms with Gasteiger partial charge in [0.05, 0.1) is 18.3 Å². The molecule has 1 saturated heterocycles. The number of aryl methyl sites for hydroxylation is 1. The summed E-state index contributed by atoms with van der Waals surface area (Å²) in [6.07, 6.45) is -2.85. The summed E-state index contributed by atoms with van der Waals surface area (Å²) in [5, 5.41) is 2.88. The van der Waals surface area contributed by atoms with Gasteiger partial charge in [-0.15, -0.1) is 0 Å². The van der Waals surface area contributed by atoms with Crippen LogP contribution in [0.5, 0.6) is 0 Å². The maximum Gasteiger partial charge on any atom is 0.416 e. The van der Waals surface area contributed by atoms with Crippen LogP contribution in [0.3, 0.4) is 0 Å². The minimum Gasteiger partial charge on any atom is -0.372 e. The molecule has 2 amide bonds. The SMILES string of the molecule is Cc1ccc(NC(=O)N2CCC[C@H](OCc3ccc(C(F)(F)F)cc3)C2)cc1. The number of nitrogens with zero attached hydrogens (tertiary/aromatic N) is 1. The van der Waals surface area contributed by atoms with E-state index < -0.39 is 11.7 Å². The monoisotopic (exact) mass is 392 g/mol. The molecule has 0 aromatic heterocycles. The van der Waals surface area contributed by atoms with E-state index in [1.54, 1.807) is 4.90 Å². The Bertz CT molecular complexity index is 789. The zero-order valence-corrected chi connectivity index (χ0v) is 15.6. The lowest BCUT2D eigenvalue weighted by atomic mass is 10.1. The molecule has 0 spiro atoms. The molecule has 3 rings (SSSR count). The highest BCUT2D eigenvalue weighted by atomic mass is 19.4. The number of hydrogen-bond acceptors (Lipinski definition) is 2. The molecule has 1 aliphatic heterocycles. The van der Waals surface area contributed by atoms with Crippen molar-refractivity contribution >= 4 is 11.7 Å². The first-order valence-electron chi connectivity index (χ1n) is 9.21. The Hall–Kier alpha value is -2.54. The maximum absolute atomic E-state index is 12.6. The van der Waals surface area contributed by atoms with Crippen LogP contribution in [0.1, 0.15) is 29.5 Å². The molecule has 7 heteroatoms. The van der Waals surface area contributed by atoms with Gasteiger partial charge in [0.1, 0.15) is 0 Å². The highest BCUT2D eigenvalue weighted by Crippen LogP contribution is 2.29. The largest absolute Gasteiger partial charge is 0.416 e. The quantitative estimate of drug-likeness (QED) is 0.774. The average Bonchev–Trinajstić information content (AvgIpc) is 2.68. The van der Waals surface area contributed by atoms with Crippen LogP contribution in [0.25, 0.3) is 0 Å². The Morgan fingerprint density at radius 3 is 2.46 bits per heavy atom. The normalized spacial score (nSPS) is 17.4. The summed E-state index contributed by atoms with van der Waals surface area (Å²) in [6.45, 7) is 3.31. The third-order valence-electron chi connectivity index (χ3n) is 4.74. The number of amides is 2. The van der Waals surface area contributed by atoms with Crippen molar-refractivity contribution in [2.75, 3.05) is 18.4 Å². The molecule has 1 fully saturated rings. The lowest BCUT2D eigenvalue weighted by Crippen LogP contribution is -2.45. The second kappa shape index (κ2) is 8.65. The summed E-state index contributed by atoms with van der Waals surface area (Å²) in [5.41, 5.74) is 1.86. The van der Waals surface area contributed by atoms with Crippen LogP contribution in [0, 0.1) is 6.92 Å². The van der Waals surface area contributed by atoms with Gasteiger partial charge in [0.15, 0.2) is 0 Å². The van der Waals surface area contributed by atoms with Gasteiger partial charge < -0.3 is 15.0 Å². The van der Waals surface area contributed by atoms with Gasteiger partial charge >= 0.3 is 12.2 Å². The number of benzene rings is 2. The minimum atomic E-state index is -4.34. The molecule has 1 N–H and O–H groups in total. The van der Waals surface area contributed by atoms with E-state index in [1.165, 1.54) is 12.1 Å². The first-order chi connectivity index (χ1) is 13.3. The zero-order chi connectivity index (χ0) is 20.1. The lowest BCUT2D eigenvalue weighted by Gasteiger charge is -2.32. The molecular weight excluding hydrogens is 369 g/mol. The molecule has 2 aromatic rings. The van der Waals surface area contributed by atoms with Crippen molar-refractivity contribution in [3.63, 3.8) is 0 Å². The predicted octanol–water partition coefficient (Wildman–Crippen LogP) is 5.23. The van der Waals surface area contributed by atoms with Crippen LogP contribution in [0.15, 0.2) is 48.5 Å². The van der Waals surface area contributed by atoms with Gasteiger partial charge in [-0.1, -0.05) is 29.8 Å². The van der Waals surface area contributed by atoms with Gasteiger partial charge in [-0.2, -0.15) is 13.2 Å². The summed E-state index contributed by atoms with van der Waals surface area (Å²) >= 11 is 0. The second-order valence-corrected chi connectivity index (χ2v) is 7.01. The van der Waals surface area contributed by atoms with Crippen molar-refractivity contribution in [3.8, 4) is 0 Å². The van der Waals surface area contributed by atoms with Crippen LogP contribution < -0.4 is 5.32 Å². The van der Waals surface area contributed by atoms with Gasteiger partial charge in [0.25, 0.3) is 0 Å². The van der Waals surface area contributed by atoms with Gasteiger partial charge in [-0.25, -0.2) is 4.79 Å². The summed E-state index contributed by atoms with van der Waals surface area (Å²) in [7, 11) is 0. The molecule has 0 unspecified atom stereocenters. The van der Waals surface area contributed by atoms with E-state index in [-0.39, 0.29) is 18.7 Å². The Morgan fingerprint density at radius 2 is 1.82 bits per heavy atom. The number of rotatable bonds is 4. The molecule has 4 nitrogen and oxygen atoms in total. The Labute approximate surface area is 162 Å². The first-order valence-corrected chi connectivity index (χ1v) is 9.21. The van der Waals surface area contributed by atoms with Crippen molar-refractivity contribution in [3.05, 3.63) is 65.2 Å². The average molecular weight is 392 g/mol. The first kappa shape index (κ1) is 20.2. The van der Waals surface area contributed by atoms with Crippen molar-refractivity contribution < 1.29 is 22.7 Å². The van der Waals surface area contributed by atoms with Gasteiger partial charge in [0.2, 0.25) is 0 Å². The molecule has 1 aliphatic rings. The predicted molar refractivity (Wildman–Crippen MR) is 101 cm³/mol. The highest BCUT2D eigenvalue weighted by Gasteiger charge is 2.30. The fourth-order valence-corrected chi connectivity index (χ4v) is 3.10. The Balaban J connectivity index is 1.50. The number of nitrogens with one attached hydrogen (secondary N) is 1. The van der Waals surface area contributed by atoms with E-state index in [1.807, 2.05) is 31.2 Å². The van der Waals surface area contributed by atoms with E-state index >= 15 is 0 Å². The molecule has 0 aliphatic carbocycles. The van der Waals surface area contributed by atoms with Crippen LogP contribution in [0.4, 0.5) is 23.7 Å². The van der Waals surface area contributed by atoms with E-state index in [9.17, 15) is 18.0 Å². The van der Waals surface area contributed by atoms with E-state index in [0.717, 1.165) is 36.2 Å². The number of hydrogen-bond donors (Lipinski definition) is 1. The van der Waals surface area contributed by atoms with Crippen molar-refractivity contribution in [2.24, 2.45) is 0 Å². The number of ether oxygens (including phenoxy) is 1. The van der Waals surface area contributed by atoms with Gasteiger partial charge in [0, 0.05) is 18.8 Å². The standard InChI is InChI=1S/C21H23F3N2O2/c1-15-4-10-18(11-5-15)25-20(27)26-12-2-3-19(13-26)28-14-16-6-8-17(9-7-16)21(22,23)24/h4-11,19H,2-3,12-14H2,1H3,(H,25,27)/t19-/m0/s1. The van der Waals surface area contributed by atoms with E-state index in [0.29, 0.717) is 18.7 Å². The van der Waals surface area contributed by atoms with E-state index in [4.69, 9.17) is 4.74 Å². The third kappa shape index (κ3) is 5.48.